The first kappa shape index (κ1) is 19.6. The summed E-state index contributed by atoms with van der Waals surface area (Å²) >= 11 is 1.66. The number of ether oxygens (including phenoxy) is 1. The van der Waals surface area contributed by atoms with Gasteiger partial charge in [0.2, 0.25) is 5.91 Å². The maximum atomic E-state index is 12.6. The summed E-state index contributed by atoms with van der Waals surface area (Å²) in [6.07, 6.45) is 0.493. The Balaban J connectivity index is 2.11. The molecule has 6 heteroatoms. The van der Waals surface area contributed by atoms with Crippen molar-refractivity contribution in [3.05, 3.63) is 35.5 Å². The molecule has 2 aromatic heterocycles. The number of aromatic nitrogens is 2. The molecule has 27 heavy (non-hydrogen) atoms. The minimum atomic E-state index is 0.0310. The Hall–Kier alpha value is -2.18. The third-order valence-electron chi connectivity index (χ3n) is 4.71. The second-order valence-corrected chi connectivity index (χ2v) is 8.24. The number of methoxy groups -OCH3 is 1. The van der Waals surface area contributed by atoms with Crippen LogP contribution in [0.1, 0.15) is 31.5 Å². The zero-order valence-corrected chi connectivity index (χ0v) is 17.4. The lowest BCUT2D eigenvalue weighted by molar-refractivity contribution is -0.116. The van der Waals surface area contributed by atoms with Crippen molar-refractivity contribution in [1.29, 1.82) is 0 Å². The Kier molecular flexibility index (Phi) is 5.97. The van der Waals surface area contributed by atoms with Crippen LogP contribution >= 0.6 is 11.3 Å². The molecule has 1 N–H and O–H groups in total. The van der Waals surface area contributed by atoms with Gasteiger partial charge in [-0.05, 0) is 37.5 Å². The molecule has 0 aliphatic heterocycles. The number of hydrogen-bond acceptors (Lipinski definition) is 4. The van der Waals surface area contributed by atoms with E-state index < -0.39 is 0 Å². The molecule has 144 valence electrons. The number of nitrogens with one attached hydrogen (secondary N) is 1. The van der Waals surface area contributed by atoms with E-state index in [0.717, 1.165) is 37.9 Å². The molecule has 0 unspecified atom stereocenters. The SMILES string of the molecule is COCCn1c(C)c(C)c(-c2nc3ccccc3s2)c1NC(=O)CC(C)C. The van der Waals surface area contributed by atoms with E-state index >= 15 is 0 Å². The number of thiazole rings is 1. The van der Waals surface area contributed by atoms with E-state index in [1.165, 1.54) is 0 Å². The van der Waals surface area contributed by atoms with Crippen LogP contribution in [-0.2, 0) is 16.1 Å². The van der Waals surface area contributed by atoms with Crippen LogP contribution in [0.5, 0.6) is 0 Å². The highest BCUT2D eigenvalue weighted by molar-refractivity contribution is 7.21. The van der Waals surface area contributed by atoms with E-state index in [1.54, 1.807) is 18.4 Å². The lowest BCUT2D eigenvalue weighted by Gasteiger charge is -2.14. The van der Waals surface area contributed by atoms with E-state index in [1.807, 2.05) is 18.2 Å². The van der Waals surface area contributed by atoms with Gasteiger partial charge in [0.15, 0.2) is 0 Å². The summed E-state index contributed by atoms with van der Waals surface area (Å²) in [6, 6.07) is 8.13. The molecule has 1 amide bonds. The summed E-state index contributed by atoms with van der Waals surface area (Å²) in [5, 5.41) is 4.10. The Bertz CT molecular complexity index is 923. The molecule has 0 bridgehead atoms. The predicted molar refractivity (Wildman–Crippen MR) is 112 cm³/mol. The fourth-order valence-electron chi connectivity index (χ4n) is 3.25. The summed E-state index contributed by atoms with van der Waals surface area (Å²) in [5.74, 6) is 1.16. The molecule has 0 radical (unpaired) electrons. The fourth-order valence-corrected chi connectivity index (χ4v) is 4.32. The van der Waals surface area contributed by atoms with Gasteiger partial charge in [-0.15, -0.1) is 11.3 Å². The predicted octanol–water partition coefficient (Wildman–Crippen LogP) is 5.01. The van der Waals surface area contributed by atoms with Crippen LogP contribution < -0.4 is 5.32 Å². The van der Waals surface area contributed by atoms with Crippen molar-refractivity contribution in [2.24, 2.45) is 5.92 Å². The first-order valence-corrected chi connectivity index (χ1v) is 10.1. The molecular formula is C21H27N3O2S. The van der Waals surface area contributed by atoms with E-state index in [9.17, 15) is 4.79 Å². The smallest absolute Gasteiger partial charge is 0.225 e. The fraction of sp³-hybridized carbons (Fsp3) is 0.429. The van der Waals surface area contributed by atoms with E-state index in [2.05, 4.69) is 43.6 Å². The maximum Gasteiger partial charge on any atom is 0.225 e. The minimum absolute atomic E-state index is 0.0310. The average Bonchev–Trinajstić information content (AvgIpc) is 3.12. The normalized spacial score (nSPS) is 11.5. The highest BCUT2D eigenvalue weighted by Gasteiger charge is 2.23. The lowest BCUT2D eigenvalue weighted by Crippen LogP contribution is -2.18. The molecule has 0 spiro atoms. The first-order valence-electron chi connectivity index (χ1n) is 9.26. The van der Waals surface area contributed by atoms with Crippen molar-refractivity contribution in [1.82, 2.24) is 9.55 Å². The monoisotopic (exact) mass is 385 g/mol. The van der Waals surface area contributed by atoms with E-state index in [-0.39, 0.29) is 5.91 Å². The molecule has 0 aliphatic carbocycles. The van der Waals surface area contributed by atoms with Crippen LogP contribution in [-0.4, -0.2) is 29.2 Å². The maximum absolute atomic E-state index is 12.6. The standard InChI is InChI=1S/C21H27N3O2S/c1-13(2)12-18(25)23-20-19(14(3)15(4)24(20)10-11-26-5)21-22-16-8-6-7-9-17(16)27-21/h6-9,13H,10-12H2,1-5H3,(H,23,25). The number of carbonyl (C=O) groups is 1. The van der Waals surface area contributed by atoms with Crippen LogP contribution in [0.4, 0.5) is 5.82 Å². The van der Waals surface area contributed by atoms with Crippen molar-refractivity contribution < 1.29 is 9.53 Å². The Morgan fingerprint density at radius 3 is 2.70 bits per heavy atom. The van der Waals surface area contributed by atoms with Crippen LogP contribution in [0.2, 0.25) is 0 Å². The van der Waals surface area contributed by atoms with Crippen LogP contribution in [0.15, 0.2) is 24.3 Å². The second kappa shape index (κ2) is 8.23. The summed E-state index contributed by atoms with van der Waals surface area (Å²) in [5.41, 5.74) is 4.27. The van der Waals surface area contributed by atoms with Crippen LogP contribution in [0, 0.1) is 19.8 Å². The molecule has 3 rings (SSSR count). The van der Waals surface area contributed by atoms with Crippen molar-refractivity contribution in [3.8, 4) is 10.6 Å². The summed E-state index contributed by atoms with van der Waals surface area (Å²) < 4.78 is 8.57. The van der Waals surface area contributed by atoms with Gasteiger partial charge in [-0.3, -0.25) is 4.79 Å². The third kappa shape index (κ3) is 4.06. The van der Waals surface area contributed by atoms with Gasteiger partial charge in [0, 0.05) is 25.8 Å². The lowest BCUT2D eigenvalue weighted by atomic mass is 10.1. The van der Waals surface area contributed by atoms with Crippen molar-refractivity contribution in [2.45, 2.75) is 40.7 Å². The highest BCUT2D eigenvalue weighted by Crippen LogP contribution is 2.40. The molecule has 0 aliphatic rings. The van der Waals surface area contributed by atoms with Gasteiger partial charge in [-0.25, -0.2) is 4.98 Å². The summed E-state index contributed by atoms with van der Waals surface area (Å²) in [4.78, 5) is 17.4. The number of para-hydroxylation sites is 1. The zero-order valence-electron chi connectivity index (χ0n) is 16.6. The van der Waals surface area contributed by atoms with Gasteiger partial charge in [-0.2, -0.15) is 0 Å². The van der Waals surface area contributed by atoms with Gasteiger partial charge in [0.05, 0.1) is 22.4 Å². The number of hydrogen-bond donors (Lipinski definition) is 1. The Labute approximate surface area is 164 Å². The van der Waals surface area contributed by atoms with Gasteiger partial charge in [-0.1, -0.05) is 26.0 Å². The van der Waals surface area contributed by atoms with Crippen LogP contribution in [0.25, 0.3) is 20.8 Å². The zero-order chi connectivity index (χ0) is 19.6. The number of rotatable bonds is 7. The van der Waals surface area contributed by atoms with Crippen molar-refractivity contribution in [2.75, 3.05) is 19.0 Å². The van der Waals surface area contributed by atoms with Crippen LogP contribution in [0.3, 0.4) is 0 Å². The molecule has 0 atom stereocenters. The van der Waals surface area contributed by atoms with E-state index in [0.29, 0.717) is 25.5 Å². The largest absolute Gasteiger partial charge is 0.383 e. The van der Waals surface area contributed by atoms with Gasteiger partial charge in [0.1, 0.15) is 10.8 Å². The third-order valence-corrected chi connectivity index (χ3v) is 5.76. The number of nitrogens with zero attached hydrogens (tertiary/aromatic N) is 2. The summed E-state index contributed by atoms with van der Waals surface area (Å²) in [7, 11) is 1.69. The molecule has 0 fully saturated rings. The Morgan fingerprint density at radius 1 is 1.30 bits per heavy atom. The van der Waals surface area contributed by atoms with Crippen molar-refractivity contribution >= 4 is 33.3 Å². The van der Waals surface area contributed by atoms with Gasteiger partial charge >= 0.3 is 0 Å². The second-order valence-electron chi connectivity index (χ2n) is 7.21. The molecule has 0 saturated heterocycles. The first-order chi connectivity index (χ1) is 12.9. The number of benzene rings is 1. The van der Waals surface area contributed by atoms with Gasteiger partial charge in [0.25, 0.3) is 0 Å². The number of fused-ring (bicyclic) bond motifs is 1. The molecule has 5 nitrogen and oxygen atoms in total. The number of carbonyl (C=O) groups excluding carboxylic acids is 1. The molecular weight excluding hydrogens is 358 g/mol. The number of anilines is 1. The summed E-state index contributed by atoms with van der Waals surface area (Å²) in [6.45, 7) is 9.55. The average molecular weight is 386 g/mol. The van der Waals surface area contributed by atoms with Crippen molar-refractivity contribution in [3.63, 3.8) is 0 Å². The molecule has 1 aromatic carbocycles. The molecule has 0 saturated carbocycles. The topological polar surface area (TPSA) is 56.1 Å². The quantitative estimate of drug-likeness (QED) is 0.622. The van der Waals surface area contributed by atoms with Gasteiger partial charge < -0.3 is 14.6 Å². The molecule has 2 heterocycles. The number of amides is 1. The minimum Gasteiger partial charge on any atom is -0.383 e. The molecule has 3 aromatic rings. The van der Waals surface area contributed by atoms with E-state index in [4.69, 9.17) is 9.72 Å². The highest BCUT2D eigenvalue weighted by atomic mass is 32.1. The Morgan fingerprint density at radius 2 is 2.04 bits per heavy atom.